The lowest BCUT2D eigenvalue weighted by atomic mass is 10.2. The molecule has 0 spiro atoms. The number of halogens is 3. The molecule has 0 unspecified atom stereocenters. The van der Waals surface area contributed by atoms with E-state index in [0.717, 1.165) is 4.90 Å². The zero-order valence-electron chi connectivity index (χ0n) is 14.8. The van der Waals surface area contributed by atoms with E-state index in [-0.39, 0.29) is 30.5 Å². The fourth-order valence-corrected chi connectivity index (χ4v) is 2.84. The summed E-state index contributed by atoms with van der Waals surface area (Å²) in [4.78, 5) is 25.9. The first-order valence-corrected chi connectivity index (χ1v) is 8.36. The number of benzene rings is 2. The second-order valence-corrected chi connectivity index (χ2v) is 6.09. The van der Waals surface area contributed by atoms with Crippen LogP contribution in [-0.2, 0) is 16.1 Å². The number of alkyl halides is 3. The van der Waals surface area contributed by atoms with Crippen molar-refractivity contribution in [2.75, 3.05) is 12.0 Å². The maximum absolute atomic E-state index is 12.6. The molecule has 1 atom stereocenters. The fraction of sp³-hybridized carbons (Fsp3) is 0.263. The zero-order valence-corrected chi connectivity index (χ0v) is 14.8. The number of amides is 2. The van der Waals surface area contributed by atoms with Crippen LogP contribution in [0.15, 0.2) is 48.5 Å². The largest absolute Gasteiger partial charge is 0.573 e. The maximum atomic E-state index is 12.6. The number of nitrogens with zero attached hydrogens (tertiary/aromatic N) is 1. The second-order valence-electron chi connectivity index (χ2n) is 6.09. The molecule has 9 heteroatoms. The van der Waals surface area contributed by atoms with Crippen LogP contribution in [0.25, 0.3) is 0 Å². The molecule has 1 heterocycles. The van der Waals surface area contributed by atoms with E-state index >= 15 is 0 Å². The number of nitrogens with one attached hydrogen (secondary N) is 1. The van der Waals surface area contributed by atoms with Crippen LogP contribution in [0.1, 0.15) is 12.0 Å². The molecule has 3 rings (SSSR count). The van der Waals surface area contributed by atoms with Gasteiger partial charge < -0.3 is 14.8 Å². The number of anilines is 1. The first kappa shape index (κ1) is 19.7. The monoisotopic (exact) mass is 394 g/mol. The third-order valence-electron chi connectivity index (χ3n) is 4.19. The van der Waals surface area contributed by atoms with Crippen molar-refractivity contribution in [1.29, 1.82) is 0 Å². The highest BCUT2D eigenvalue weighted by atomic mass is 19.4. The molecule has 0 aromatic heterocycles. The molecule has 6 nitrogen and oxygen atoms in total. The Kier molecular flexibility index (Phi) is 5.55. The lowest BCUT2D eigenvalue weighted by Crippen LogP contribution is -2.38. The van der Waals surface area contributed by atoms with Gasteiger partial charge >= 0.3 is 6.36 Å². The first-order valence-electron chi connectivity index (χ1n) is 8.36. The highest BCUT2D eigenvalue weighted by Crippen LogP contribution is 2.26. The third kappa shape index (κ3) is 4.61. The van der Waals surface area contributed by atoms with E-state index in [4.69, 9.17) is 4.74 Å². The van der Waals surface area contributed by atoms with Gasteiger partial charge in [0.2, 0.25) is 5.91 Å². The van der Waals surface area contributed by atoms with Crippen molar-refractivity contribution in [3.8, 4) is 11.5 Å². The predicted molar refractivity (Wildman–Crippen MR) is 93.9 cm³/mol. The molecule has 2 aromatic carbocycles. The molecule has 1 aliphatic rings. The van der Waals surface area contributed by atoms with Crippen molar-refractivity contribution in [3.63, 3.8) is 0 Å². The molecule has 1 aliphatic heterocycles. The molecule has 1 saturated heterocycles. The number of carbonyl (C=O) groups excluding carboxylic acids is 2. The Morgan fingerprint density at radius 3 is 2.21 bits per heavy atom. The van der Waals surface area contributed by atoms with Gasteiger partial charge in [0.25, 0.3) is 5.91 Å². The van der Waals surface area contributed by atoms with E-state index in [2.05, 4.69) is 10.1 Å². The zero-order chi connectivity index (χ0) is 20.3. The summed E-state index contributed by atoms with van der Waals surface area (Å²) >= 11 is 0. The maximum Gasteiger partial charge on any atom is 0.573 e. The molecule has 0 saturated carbocycles. The molecular formula is C19H17F3N2O4. The lowest BCUT2D eigenvalue weighted by molar-refractivity contribution is -0.274. The average molecular weight is 394 g/mol. The Morgan fingerprint density at radius 2 is 1.64 bits per heavy atom. The highest BCUT2D eigenvalue weighted by Gasteiger charge is 2.39. The SMILES string of the molecule is COc1ccc(N2C(=O)C[C@@H](NCc3ccc(OC(F)(F)F)cc3)C2=O)cc1. The smallest absolute Gasteiger partial charge is 0.497 e. The van der Waals surface area contributed by atoms with Crippen LogP contribution in [0, 0.1) is 0 Å². The summed E-state index contributed by atoms with van der Waals surface area (Å²) in [6.45, 7) is 0.215. The van der Waals surface area contributed by atoms with Gasteiger partial charge in [-0.25, -0.2) is 4.90 Å². The van der Waals surface area contributed by atoms with Gasteiger partial charge in [-0.3, -0.25) is 9.59 Å². The van der Waals surface area contributed by atoms with Crippen LogP contribution >= 0.6 is 0 Å². The van der Waals surface area contributed by atoms with Gasteiger partial charge in [-0.05, 0) is 42.0 Å². The molecule has 1 N–H and O–H groups in total. The Bertz CT molecular complexity index is 851. The third-order valence-corrected chi connectivity index (χ3v) is 4.19. The number of carbonyl (C=O) groups is 2. The summed E-state index contributed by atoms with van der Waals surface area (Å²) in [6.07, 6.45) is -4.75. The number of imide groups is 1. The standard InChI is InChI=1S/C19H17F3N2O4/c1-27-14-8-4-13(5-9-14)24-17(25)10-16(18(24)26)23-11-12-2-6-15(7-3-12)28-19(20,21)22/h2-9,16,23H,10-11H2,1H3/t16-/m1/s1. The van der Waals surface area contributed by atoms with Crippen LogP contribution in [0.4, 0.5) is 18.9 Å². The van der Waals surface area contributed by atoms with Crippen LogP contribution in [0.2, 0.25) is 0 Å². The quantitative estimate of drug-likeness (QED) is 0.763. The van der Waals surface area contributed by atoms with Crippen LogP contribution in [0.5, 0.6) is 11.5 Å². The molecular weight excluding hydrogens is 377 g/mol. The van der Waals surface area contributed by atoms with E-state index in [0.29, 0.717) is 17.0 Å². The number of hydrogen-bond acceptors (Lipinski definition) is 5. The average Bonchev–Trinajstić information content (AvgIpc) is 2.93. The van der Waals surface area contributed by atoms with Gasteiger partial charge in [0.1, 0.15) is 11.5 Å². The topological polar surface area (TPSA) is 67.9 Å². The van der Waals surface area contributed by atoms with Crippen molar-refractivity contribution < 1.29 is 32.2 Å². The highest BCUT2D eigenvalue weighted by molar-refractivity contribution is 6.22. The normalized spacial score (nSPS) is 17.1. The van der Waals surface area contributed by atoms with Crippen molar-refractivity contribution in [2.24, 2.45) is 0 Å². The minimum Gasteiger partial charge on any atom is -0.497 e. The molecule has 2 aromatic rings. The summed E-state index contributed by atoms with van der Waals surface area (Å²) in [5.74, 6) is -0.432. The molecule has 148 valence electrons. The van der Waals surface area contributed by atoms with Gasteiger partial charge in [-0.2, -0.15) is 0 Å². The van der Waals surface area contributed by atoms with Crippen LogP contribution < -0.4 is 19.7 Å². The minimum absolute atomic E-state index is 0.000130. The Hall–Kier alpha value is -3.07. The van der Waals surface area contributed by atoms with E-state index < -0.39 is 12.4 Å². The van der Waals surface area contributed by atoms with E-state index in [9.17, 15) is 22.8 Å². The van der Waals surface area contributed by atoms with Crippen LogP contribution in [0.3, 0.4) is 0 Å². The van der Waals surface area contributed by atoms with E-state index in [1.165, 1.54) is 31.4 Å². The summed E-state index contributed by atoms with van der Waals surface area (Å²) < 4.78 is 45.4. The number of rotatable bonds is 6. The second kappa shape index (κ2) is 7.89. The van der Waals surface area contributed by atoms with Crippen molar-refractivity contribution in [1.82, 2.24) is 5.32 Å². The lowest BCUT2D eigenvalue weighted by Gasteiger charge is -2.16. The Morgan fingerprint density at radius 1 is 1.04 bits per heavy atom. The van der Waals surface area contributed by atoms with Gasteiger partial charge in [-0.15, -0.1) is 13.2 Å². The van der Waals surface area contributed by atoms with E-state index in [1.54, 1.807) is 24.3 Å². The van der Waals surface area contributed by atoms with Crippen LogP contribution in [-0.4, -0.2) is 31.3 Å². The first-order chi connectivity index (χ1) is 13.3. The molecule has 0 bridgehead atoms. The van der Waals surface area contributed by atoms with Gasteiger partial charge in [-0.1, -0.05) is 12.1 Å². The summed E-state index contributed by atoms with van der Waals surface area (Å²) in [6, 6.07) is 11.1. The fourth-order valence-electron chi connectivity index (χ4n) is 2.84. The molecule has 0 aliphatic carbocycles. The van der Waals surface area contributed by atoms with Gasteiger partial charge in [0.05, 0.1) is 25.3 Å². The molecule has 1 fully saturated rings. The van der Waals surface area contributed by atoms with Crippen molar-refractivity contribution in [2.45, 2.75) is 25.4 Å². The molecule has 28 heavy (non-hydrogen) atoms. The number of methoxy groups -OCH3 is 1. The molecule has 2 amide bonds. The summed E-state index contributed by atoms with van der Waals surface area (Å²) in [5.41, 5.74) is 1.10. The summed E-state index contributed by atoms with van der Waals surface area (Å²) in [7, 11) is 1.52. The predicted octanol–water partition coefficient (Wildman–Crippen LogP) is 3.02. The Balaban J connectivity index is 1.61. The van der Waals surface area contributed by atoms with Crippen molar-refractivity contribution >= 4 is 17.5 Å². The number of ether oxygens (including phenoxy) is 2. The number of hydrogen-bond donors (Lipinski definition) is 1. The van der Waals surface area contributed by atoms with Gasteiger partial charge in [0.15, 0.2) is 0 Å². The van der Waals surface area contributed by atoms with E-state index in [1.807, 2.05) is 0 Å². The Labute approximate surface area is 158 Å². The minimum atomic E-state index is -4.75. The molecule has 0 radical (unpaired) electrons. The van der Waals surface area contributed by atoms with Crippen molar-refractivity contribution in [3.05, 3.63) is 54.1 Å². The summed E-state index contributed by atoms with van der Waals surface area (Å²) in [5, 5.41) is 2.97. The van der Waals surface area contributed by atoms with Gasteiger partial charge in [0, 0.05) is 6.54 Å².